The van der Waals surface area contributed by atoms with E-state index in [0.717, 1.165) is 63.5 Å². The van der Waals surface area contributed by atoms with E-state index < -0.39 is 41.4 Å². The first-order valence-corrected chi connectivity index (χ1v) is 17.4. The number of likely N-dealkylation sites (tertiary alicyclic amines) is 1. The number of Topliss-reactive ketones (excluding diaryl/α,β-unsaturated/α-hetero) is 1. The van der Waals surface area contributed by atoms with Crippen molar-refractivity contribution >= 4 is 35.3 Å². The number of carboxylic acids is 1. The second kappa shape index (κ2) is 16.8. The predicted molar refractivity (Wildman–Crippen MR) is 181 cm³/mol. The SMILES string of the molecule is CCCCCC/C=C\C1C[C@]1(NC(=O)C1CCCN1C(=O)CNC(=O)N[C@H](C(=O)c1ccc(N(C)C)cc1)C1CCCCC1)C(=O)O. The summed E-state index contributed by atoms with van der Waals surface area (Å²) in [7, 11) is 3.85. The highest BCUT2D eigenvalue weighted by Crippen LogP contribution is 2.45. The van der Waals surface area contributed by atoms with Gasteiger partial charge in [0.05, 0.1) is 12.6 Å². The fourth-order valence-electron chi connectivity index (χ4n) is 6.97. The molecule has 0 radical (unpaired) electrons. The number of urea groups is 1. The van der Waals surface area contributed by atoms with Gasteiger partial charge in [0.25, 0.3) is 0 Å². The summed E-state index contributed by atoms with van der Waals surface area (Å²) >= 11 is 0. The number of carboxylic acid groups (broad SMARTS) is 1. The fraction of sp³-hybridized carbons (Fsp3) is 0.639. The minimum atomic E-state index is -1.35. The van der Waals surface area contributed by atoms with Gasteiger partial charge in [-0.3, -0.25) is 14.4 Å². The Labute approximate surface area is 278 Å². The number of hydrogen-bond donors (Lipinski definition) is 4. The highest BCUT2D eigenvalue weighted by atomic mass is 16.4. The molecule has 2 saturated carbocycles. The zero-order valence-electron chi connectivity index (χ0n) is 28.3. The van der Waals surface area contributed by atoms with Crippen molar-refractivity contribution in [3.8, 4) is 0 Å². The number of unbranched alkanes of at least 4 members (excludes halogenated alkanes) is 4. The molecule has 4 atom stereocenters. The van der Waals surface area contributed by atoms with Crippen molar-refractivity contribution in [1.29, 1.82) is 0 Å². The molecule has 4 N–H and O–H groups in total. The van der Waals surface area contributed by atoms with E-state index in [1.807, 2.05) is 43.3 Å². The quantitative estimate of drug-likeness (QED) is 0.115. The van der Waals surface area contributed by atoms with Crippen LogP contribution in [0.3, 0.4) is 0 Å². The summed E-state index contributed by atoms with van der Waals surface area (Å²) < 4.78 is 0. The van der Waals surface area contributed by atoms with Gasteiger partial charge in [-0.15, -0.1) is 0 Å². The van der Waals surface area contributed by atoms with E-state index in [9.17, 15) is 29.1 Å². The van der Waals surface area contributed by atoms with Crippen LogP contribution in [0.5, 0.6) is 0 Å². The lowest BCUT2D eigenvalue weighted by molar-refractivity contribution is -0.145. The van der Waals surface area contributed by atoms with Crippen molar-refractivity contribution in [3.63, 3.8) is 0 Å². The number of carbonyl (C=O) groups excluding carboxylic acids is 4. The molecular formula is C36H53N5O6. The van der Waals surface area contributed by atoms with Gasteiger partial charge >= 0.3 is 12.0 Å². The molecule has 11 heteroatoms. The van der Waals surface area contributed by atoms with E-state index >= 15 is 0 Å². The van der Waals surface area contributed by atoms with Crippen molar-refractivity contribution in [2.24, 2.45) is 11.8 Å². The van der Waals surface area contributed by atoms with Crippen LogP contribution in [0.1, 0.15) is 101 Å². The maximum atomic E-state index is 13.6. The van der Waals surface area contributed by atoms with Crippen LogP contribution in [0.15, 0.2) is 36.4 Å². The monoisotopic (exact) mass is 651 g/mol. The topological polar surface area (TPSA) is 148 Å². The van der Waals surface area contributed by atoms with Gasteiger partial charge in [0.1, 0.15) is 11.6 Å². The van der Waals surface area contributed by atoms with Crippen molar-refractivity contribution < 1.29 is 29.1 Å². The Kier molecular flexibility index (Phi) is 12.8. The lowest BCUT2D eigenvalue weighted by atomic mass is 9.81. The molecule has 1 aromatic carbocycles. The van der Waals surface area contributed by atoms with E-state index in [0.29, 0.717) is 31.4 Å². The lowest BCUT2D eigenvalue weighted by Crippen LogP contribution is -2.55. The number of nitrogens with one attached hydrogen (secondary N) is 3. The summed E-state index contributed by atoms with van der Waals surface area (Å²) in [5.74, 6) is -2.42. The van der Waals surface area contributed by atoms with Gasteiger partial charge < -0.3 is 30.9 Å². The zero-order chi connectivity index (χ0) is 34.0. The Bertz CT molecular complexity index is 1290. The Balaban J connectivity index is 1.32. The van der Waals surface area contributed by atoms with Gasteiger partial charge in [-0.05, 0) is 75.1 Å². The highest BCUT2D eigenvalue weighted by molar-refractivity contribution is 6.02. The number of ketones is 1. The van der Waals surface area contributed by atoms with Crippen LogP contribution in [-0.4, -0.2) is 84.4 Å². The van der Waals surface area contributed by atoms with Gasteiger partial charge in [-0.2, -0.15) is 0 Å². The van der Waals surface area contributed by atoms with Crippen molar-refractivity contribution in [2.45, 2.75) is 108 Å². The first kappa shape index (κ1) is 36.0. The summed E-state index contributed by atoms with van der Waals surface area (Å²) in [6, 6.07) is 5.17. The fourth-order valence-corrected chi connectivity index (χ4v) is 6.97. The van der Waals surface area contributed by atoms with E-state index in [4.69, 9.17) is 0 Å². The zero-order valence-corrected chi connectivity index (χ0v) is 28.3. The maximum Gasteiger partial charge on any atom is 0.330 e. The standard InChI is InChI=1S/C36H53N5O6/c1-4-5-6-7-8-12-16-27-23-36(27,34(45)46)39-33(44)29-17-13-22-41(29)30(42)24-37-35(47)38-31(25-14-10-9-11-15-25)32(43)26-18-20-28(21-19-26)40(2)3/h12,16,18-21,25,27,29,31H,4-11,13-15,17,22-24H2,1-3H3,(H,39,44)(H,45,46)(H2,37,38,47)/b16-12-/t27?,29?,31-,36+/m0/s1. The van der Waals surface area contributed by atoms with Gasteiger partial charge in [-0.25, -0.2) is 9.59 Å². The molecule has 1 aliphatic heterocycles. The molecular weight excluding hydrogens is 598 g/mol. The summed E-state index contributed by atoms with van der Waals surface area (Å²) in [6.07, 6.45) is 15.4. The van der Waals surface area contributed by atoms with Gasteiger partial charge in [-0.1, -0.05) is 57.6 Å². The van der Waals surface area contributed by atoms with Crippen LogP contribution in [-0.2, 0) is 14.4 Å². The number of aliphatic carboxylic acids is 1. The minimum Gasteiger partial charge on any atom is -0.479 e. The molecule has 3 aliphatic rings. The van der Waals surface area contributed by atoms with Crippen LogP contribution in [0, 0.1) is 11.8 Å². The van der Waals surface area contributed by atoms with Crippen molar-refractivity contribution in [1.82, 2.24) is 20.9 Å². The third-order valence-corrected chi connectivity index (χ3v) is 9.97. The molecule has 11 nitrogen and oxygen atoms in total. The minimum absolute atomic E-state index is 0.00148. The van der Waals surface area contributed by atoms with Crippen LogP contribution in [0.25, 0.3) is 0 Å². The van der Waals surface area contributed by atoms with Crippen LogP contribution in [0.4, 0.5) is 10.5 Å². The predicted octanol–water partition coefficient (Wildman–Crippen LogP) is 4.66. The first-order valence-electron chi connectivity index (χ1n) is 17.4. The summed E-state index contributed by atoms with van der Waals surface area (Å²) in [4.78, 5) is 68.8. The highest BCUT2D eigenvalue weighted by Gasteiger charge is 2.61. The number of amides is 4. The molecule has 0 bridgehead atoms. The summed E-state index contributed by atoms with van der Waals surface area (Å²) in [6.45, 7) is 2.15. The number of nitrogens with zero attached hydrogens (tertiary/aromatic N) is 2. The van der Waals surface area contributed by atoms with E-state index in [2.05, 4.69) is 22.9 Å². The second-order valence-electron chi connectivity index (χ2n) is 13.6. The summed E-state index contributed by atoms with van der Waals surface area (Å²) in [5.41, 5.74) is 0.141. The molecule has 2 unspecified atom stereocenters. The Morgan fingerprint density at radius 3 is 2.38 bits per heavy atom. The molecule has 3 fully saturated rings. The molecule has 0 aromatic heterocycles. The molecule has 2 aliphatic carbocycles. The molecule has 47 heavy (non-hydrogen) atoms. The molecule has 4 amide bonds. The van der Waals surface area contributed by atoms with E-state index in [1.165, 1.54) is 11.3 Å². The average Bonchev–Trinajstić information content (AvgIpc) is 3.53. The number of rotatable bonds is 16. The van der Waals surface area contributed by atoms with Crippen molar-refractivity contribution in [3.05, 3.63) is 42.0 Å². The number of hydrogen-bond acceptors (Lipinski definition) is 6. The average molecular weight is 652 g/mol. The van der Waals surface area contributed by atoms with Crippen molar-refractivity contribution in [2.75, 3.05) is 32.1 Å². The molecule has 258 valence electrons. The van der Waals surface area contributed by atoms with Crippen LogP contribution >= 0.6 is 0 Å². The summed E-state index contributed by atoms with van der Waals surface area (Å²) in [5, 5.41) is 18.2. The smallest absolute Gasteiger partial charge is 0.330 e. The Morgan fingerprint density at radius 1 is 1.00 bits per heavy atom. The number of benzene rings is 1. The molecule has 0 spiro atoms. The second-order valence-corrected chi connectivity index (χ2v) is 13.6. The Morgan fingerprint density at radius 2 is 1.72 bits per heavy atom. The van der Waals surface area contributed by atoms with Gasteiger partial charge in [0, 0.05) is 37.8 Å². The molecule has 4 rings (SSSR count). The van der Waals surface area contributed by atoms with Gasteiger partial charge in [0.2, 0.25) is 11.8 Å². The van der Waals surface area contributed by atoms with Crippen LogP contribution in [0.2, 0.25) is 0 Å². The maximum absolute atomic E-state index is 13.6. The Hall–Kier alpha value is -3.89. The number of carbonyl (C=O) groups is 5. The van der Waals surface area contributed by atoms with E-state index in [-0.39, 0.29) is 24.2 Å². The first-order chi connectivity index (χ1) is 22.6. The normalized spacial score (nSPS) is 23.3. The largest absolute Gasteiger partial charge is 0.479 e. The third kappa shape index (κ3) is 9.35. The van der Waals surface area contributed by atoms with Crippen LogP contribution < -0.4 is 20.9 Å². The van der Waals surface area contributed by atoms with E-state index in [1.54, 1.807) is 12.1 Å². The molecule has 1 aromatic rings. The third-order valence-electron chi connectivity index (χ3n) is 9.97. The number of anilines is 1. The molecule has 1 saturated heterocycles. The molecule has 1 heterocycles. The number of allylic oxidation sites excluding steroid dienone is 1. The lowest BCUT2D eigenvalue weighted by Gasteiger charge is -2.30. The van der Waals surface area contributed by atoms with Gasteiger partial charge in [0.15, 0.2) is 5.78 Å².